The minimum atomic E-state index is -0.604. The summed E-state index contributed by atoms with van der Waals surface area (Å²) in [6, 6.07) is 8.03. The van der Waals surface area contributed by atoms with Crippen LogP contribution in [0.1, 0.15) is 21.3 Å². The molecule has 0 fully saturated rings. The second-order valence-electron chi connectivity index (χ2n) is 5.13. The number of nitro groups is 1. The van der Waals surface area contributed by atoms with E-state index < -0.39 is 4.92 Å². The molecule has 0 unspecified atom stereocenters. The first kappa shape index (κ1) is 17.4. The average Bonchev–Trinajstić information content (AvgIpc) is 3.01. The summed E-state index contributed by atoms with van der Waals surface area (Å²) in [4.78, 5) is 25.7. The second kappa shape index (κ2) is 7.54. The number of benzene rings is 1. The van der Waals surface area contributed by atoms with Crippen LogP contribution in [0.5, 0.6) is 0 Å². The molecule has 6 nitrogen and oxygen atoms in total. The molecule has 1 aromatic carbocycles. The lowest BCUT2D eigenvalue weighted by atomic mass is 10.1. The van der Waals surface area contributed by atoms with Crippen LogP contribution in [0.2, 0.25) is 5.02 Å². The van der Waals surface area contributed by atoms with Crippen molar-refractivity contribution in [1.82, 2.24) is 10.2 Å². The maximum atomic E-state index is 12.2. The molecule has 1 N–H and O–H groups in total. The monoisotopic (exact) mass is 353 g/mol. The van der Waals surface area contributed by atoms with E-state index in [1.165, 1.54) is 18.2 Å². The van der Waals surface area contributed by atoms with Crippen LogP contribution >= 0.6 is 22.9 Å². The lowest BCUT2D eigenvalue weighted by Gasteiger charge is -2.23. The van der Waals surface area contributed by atoms with Crippen LogP contribution in [0.25, 0.3) is 0 Å². The number of nitrogens with one attached hydrogen (secondary N) is 1. The van der Waals surface area contributed by atoms with Gasteiger partial charge in [0.25, 0.3) is 11.6 Å². The highest BCUT2D eigenvalue weighted by atomic mass is 35.5. The Kier molecular flexibility index (Phi) is 5.70. The standard InChI is InChI=1S/C15H16ClN3O3S/c1-18(2)13(14-4-3-7-23-14)9-17-15(20)10-5-6-11(16)12(8-10)19(21)22/h3-8,13H,9H2,1-2H3,(H,17,20)/t13-/m1/s1. The van der Waals surface area contributed by atoms with Crippen LogP contribution in [0, 0.1) is 10.1 Å². The van der Waals surface area contributed by atoms with Crippen molar-refractivity contribution in [2.24, 2.45) is 0 Å². The van der Waals surface area contributed by atoms with Crippen molar-refractivity contribution >= 4 is 34.5 Å². The molecule has 0 aliphatic heterocycles. The molecule has 0 aliphatic carbocycles. The Bertz CT molecular complexity index is 704. The van der Waals surface area contributed by atoms with Crippen molar-refractivity contribution in [2.75, 3.05) is 20.6 Å². The number of halogens is 1. The highest BCUT2D eigenvalue weighted by molar-refractivity contribution is 7.10. The van der Waals surface area contributed by atoms with Crippen LogP contribution in [-0.4, -0.2) is 36.4 Å². The molecule has 1 aromatic heterocycles. The molecule has 1 atom stereocenters. The lowest BCUT2D eigenvalue weighted by Crippen LogP contribution is -2.34. The first-order chi connectivity index (χ1) is 10.9. The van der Waals surface area contributed by atoms with E-state index in [2.05, 4.69) is 5.32 Å². The van der Waals surface area contributed by atoms with E-state index in [1.54, 1.807) is 11.3 Å². The molecule has 8 heteroatoms. The van der Waals surface area contributed by atoms with E-state index in [4.69, 9.17) is 11.6 Å². The van der Waals surface area contributed by atoms with Crippen molar-refractivity contribution in [3.05, 3.63) is 61.3 Å². The van der Waals surface area contributed by atoms with Gasteiger partial charge in [-0.25, -0.2) is 0 Å². The van der Waals surface area contributed by atoms with Gasteiger partial charge in [0.2, 0.25) is 0 Å². The largest absolute Gasteiger partial charge is 0.350 e. The Hall–Kier alpha value is -1.96. The SMILES string of the molecule is CN(C)[C@H](CNC(=O)c1ccc(Cl)c([N+](=O)[O-])c1)c1cccs1. The van der Waals surface area contributed by atoms with Gasteiger partial charge in [-0.2, -0.15) is 0 Å². The quantitative estimate of drug-likeness (QED) is 0.638. The Balaban J connectivity index is 2.10. The van der Waals surface area contributed by atoms with E-state index in [0.29, 0.717) is 6.54 Å². The number of carbonyl (C=O) groups excluding carboxylic acids is 1. The summed E-state index contributed by atoms with van der Waals surface area (Å²) in [6.45, 7) is 0.406. The number of nitrogens with zero attached hydrogens (tertiary/aromatic N) is 2. The van der Waals surface area contributed by atoms with Crippen molar-refractivity contribution in [3.8, 4) is 0 Å². The zero-order valence-corrected chi connectivity index (χ0v) is 14.2. The summed E-state index contributed by atoms with van der Waals surface area (Å²) in [5.41, 5.74) is -0.0634. The Morgan fingerprint density at radius 1 is 1.43 bits per heavy atom. The van der Waals surface area contributed by atoms with E-state index in [0.717, 1.165) is 4.88 Å². The zero-order chi connectivity index (χ0) is 17.0. The summed E-state index contributed by atoms with van der Waals surface area (Å²) in [5, 5.41) is 15.7. The van der Waals surface area contributed by atoms with E-state index >= 15 is 0 Å². The third-order valence-corrected chi connectivity index (χ3v) is 4.65. The van der Waals surface area contributed by atoms with E-state index in [-0.39, 0.29) is 28.2 Å². The number of hydrogen-bond donors (Lipinski definition) is 1. The fourth-order valence-electron chi connectivity index (χ4n) is 2.10. The maximum absolute atomic E-state index is 12.2. The molecule has 1 heterocycles. The second-order valence-corrected chi connectivity index (χ2v) is 6.51. The van der Waals surface area contributed by atoms with Gasteiger partial charge >= 0.3 is 0 Å². The summed E-state index contributed by atoms with van der Waals surface area (Å²) in [7, 11) is 3.87. The number of carbonyl (C=O) groups is 1. The Labute approximate surface area is 142 Å². The molecule has 23 heavy (non-hydrogen) atoms. The molecule has 0 saturated carbocycles. The van der Waals surface area contributed by atoms with Gasteiger partial charge in [-0.15, -0.1) is 11.3 Å². The summed E-state index contributed by atoms with van der Waals surface area (Å²) in [6.07, 6.45) is 0. The number of rotatable bonds is 6. The van der Waals surface area contributed by atoms with Crippen LogP contribution in [0.15, 0.2) is 35.7 Å². The number of thiophene rings is 1. The van der Waals surface area contributed by atoms with Gasteiger partial charge in [-0.1, -0.05) is 17.7 Å². The fourth-order valence-corrected chi connectivity index (χ4v) is 3.21. The number of hydrogen-bond acceptors (Lipinski definition) is 5. The Morgan fingerprint density at radius 2 is 2.17 bits per heavy atom. The molecule has 2 aromatic rings. The van der Waals surface area contributed by atoms with Crippen molar-refractivity contribution in [3.63, 3.8) is 0 Å². The van der Waals surface area contributed by atoms with E-state index in [9.17, 15) is 14.9 Å². The van der Waals surface area contributed by atoms with Crippen molar-refractivity contribution in [1.29, 1.82) is 0 Å². The van der Waals surface area contributed by atoms with Gasteiger partial charge in [0.05, 0.1) is 11.0 Å². The molecule has 0 aliphatic rings. The highest BCUT2D eigenvalue weighted by Crippen LogP contribution is 2.25. The van der Waals surface area contributed by atoms with Gasteiger partial charge in [-0.3, -0.25) is 14.9 Å². The predicted molar refractivity (Wildman–Crippen MR) is 91.2 cm³/mol. The van der Waals surface area contributed by atoms with Crippen LogP contribution in [-0.2, 0) is 0 Å². The normalized spacial score (nSPS) is 12.2. The van der Waals surface area contributed by atoms with Crippen LogP contribution in [0.3, 0.4) is 0 Å². The number of nitro benzene ring substituents is 1. The maximum Gasteiger partial charge on any atom is 0.288 e. The van der Waals surface area contributed by atoms with Crippen LogP contribution < -0.4 is 5.32 Å². The molecule has 1 amide bonds. The van der Waals surface area contributed by atoms with Gasteiger partial charge in [-0.05, 0) is 37.7 Å². The zero-order valence-electron chi connectivity index (χ0n) is 12.7. The minimum Gasteiger partial charge on any atom is -0.350 e. The van der Waals surface area contributed by atoms with Crippen molar-refractivity contribution < 1.29 is 9.72 Å². The molecular weight excluding hydrogens is 338 g/mol. The smallest absolute Gasteiger partial charge is 0.288 e. The predicted octanol–water partition coefficient (Wildman–Crippen LogP) is 3.34. The average molecular weight is 354 g/mol. The molecule has 122 valence electrons. The van der Waals surface area contributed by atoms with Gasteiger partial charge in [0.1, 0.15) is 5.02 Å². The third kappa shape index (κ3) is 4.28. The number of likely N-dealkylation sites (N-methyl/N-ethyl adjacent to an activating group) is 1. The topological polar surface area (TPSA) is 75.5 Å². The van der Waals surface area contributed by atoms with Gasteiger partial charge in [0, 0.05) is 23.1 Å². The molecule has 2 rings (SSSR count). The Morgan fingerprint density at radius 3 is 2.74 bits per heavy atom. The highest BCUT2D eigenvalue weighted by Gasteiger charge is 2.19. The van der Waals surface area contributed by atoms with Gasteiger partial charge < -0.3 is 10.2 Å². The molecule has 0 saturated heterocycles. The minimum absolute atomic E-state index is 0.0105. The summed E-state index contributed by atoms with van der Waals surface area (Å²) >= 11 is 7.37. The molecule has 0 spiro atoms. The fraction of sp³-hybridized carbons (Fsp3) is 0.267. The molecule has 0 radical (unpaired) electrons. The van der Waals surface area contributed by atoms with Crippen molar-refractivity contribution in [2.45, 2.75) is 6.04 Å². The van der Waals surface area contributed by atoms with E-state index in [1.807, 2.05) is 36.5 Å². The summed E-state index contributed by atoms with van der Waals surface area (Å²) in [5.74, 6) is -0.367. The lowest BCUT2D eigenvalue weighted by molar-refractivity contribution is -0.384. The molecule has 0 bridgehead atoms. The first-order valence-electron chi connectivity index (χ1n) is 6.82. The van der Waals surface area contributed by atoms with Crippen LogP contribution in [0.4, 0.5) is 5.69 Å². The molecular formula is C15H16ClN3O3S. The third-order valence-electron chi connectivity index (χ3n) is 3.36. The summed E-state index contributed by atoms with van der Waals surface area (Å²) < 4.78 is 0. The first-order valence-corrected chi connectivity index (χ1v) is 8.08. The number of amides is 1. The van der Waals surface area contributed by atoms with Gasteiger partial charge in [0.15, 0.2) is 0 Å².